The van der Waals surface area contributed by atoms with Gasteiger partial charge in [-0.2, -0.15) is 0 Å². The van der Waals surface area contributed by atoms with Crippen molar-refractivity contribution >= 4 is 17.1 Å². The van der Waals surface area contributed by atoms with Crippen LogP contribution in [0.4, 0.5) is 0 Å². The van der Waals surface area contributed by atoms with E-state index in [-0.39, 0.29) is 5.78 Å². The average Bonchev–Trinajstić information content (AvgIpc) is 2.98. The fraction of sp³-hybridized carbons (Fsp3) is 0.389. The third kappa shape index (κ3) is 2.85. The third-order valence-corrected chi connectivity index (χ3v) is 5.44. The van der Waals surface area contributed by atoms with Gasteiger partial charge in [-0.3, -0.25) is 4.79 Å². The van der Waals surface area contributed by atoms with E-state index >= 15 is 0 Å². The van der Waals surface area contributed by atoms with Gasteiger partial charge in [-0.05, 0) is 48.9 Å². The third-order valence-electron chi connectivity index (χ3n) is 4.20. The molecule has 0 amide bonds. The van der Waals surface area contributed by atoms with Crippen LogP contribution in [0, 0.1) is 0 Å². The first-order valence-electron chi connectivity index (χ1n) is 7.45. The van der Waals surface area contributed by atoms with Crippen molar-refractivity contribution in [3.63, 3.8) is 0 Å². The second-order valence-corrected chi connectivity index (χ2v) is 6.76. The number of rotatable bonds is 3. The highest BCUT2D eigenvalue weighted by Crippen LogP contribution is 2.35. The zero-order valence-corrected chi connectivity index (χ0v) is 12.7. The van der Waals surface area contributed by atoms with E-state index in [0.717, 1.165) is 10.8 Å². The monoisotopic (exact) mass is 284 g/mol. The predicted molar refractivity (Wildman–Crippen MR) is 85.6 cm³/mol. The van der Waals surface area contributed by atoms with Crippen molar-refractivity contribution in [2.24, 2.45) is 0 Å². The predicted octanol–water partition coefficient (Wildman–Crippen LogP) is 5.67. The maximum Gasteiger partial charge on any atom is 0.169 e. The SMILES string of the molecule is CC(=O)c1ccc(-c2cccc(C3CCCCC3)c2)s1. The number of ketones is 1. The molecule has 1 aromatic carbocycles. The van der Waals surface area contributed by atoms with Crippen LogP contribution in [-0.2, 0) is 0 Å². The Morgan fingerprint density at radius 1 is 1.10 bits per heavy atom. The van der Waals surface area contributed by atoms with Gasteiger partial charge in [0, 0.05) is 4.88 Å². The Kier molecular flexibility index (Phi) is 4.02. The lowest BCUT2D eigenvalue weighted by molar-refractivity contribution is 0.102. The van der Waals surface area contributed by atoms with Crippen LogP contribution in [-0.4, -0.2) is 5.78 Å². The lowest BCUT2D eigenvalue weighted by Gasteiger charge is -2.22. The van der Waals surface area contributed by atoms with Crippen LogP contribution in [0.25, 0.3) is 10.4 Å². The molecule has 0 spiro atoms. The fourth-order valence-corrected chi connectivity index (χ4v) is 3.96. The van der Waals surface area contributed by atoms with Crippen LogP contribution < -0.4 is 0 Å². The average molecular weight is 284 g/mol. The number of hydrogen-bond donors (Lipinski definition) is 0. The second-order valence-electron chi connectivity index (χ2n) is 5.68. The summed E-state index contributed by atoms with van der Waals surface area (Å²) in [6, 6.07) is 12.9. The summed E-state index contributed by atoms with van der Waals surface area (Å²) in [5.41, 5.74) is 2.73. The summed E-state index contributed by atoms with van der Waals surface area (Å²) >= 11 is 1.60. The molecule has 1 saturated carbocycles. The van der Waals surface area contributed by atoms with Crippen LogP contribution in [0.5, 0.6) is 0 Å². The molecule has 0 N–H and O–H groups in total. The van der Waals surface area contributed by atoms with Crippen molar-refractivity contribution in [2.75, 3.05) is 0 Å². The van der Waals surface area contributed by atoms with Gasteiger partial charge in [-0.15, -0.1) is 11.3 Å². The molecule has 1 heterocycles. The normalized spacial score (nSPS) is 16.2. The summed E-state index contributed by atoms with van der Waals surface area (Å²) in [6.07, 6.45) is 6.77. The Balaban J connectivity index is 1.87. The van der Waals surface area contributed by atoms with Crippen LogP contribution >= 0.6 is 11.3 Å². The molecule has 0 bridgehead atoms. The molecule has 1 fully saturated rings. The first-order chi connectivity index (χ1) is 9.74. The highest BCUT2D eigenvalue weighted by Gasteiger charge is 2.16. The molecule has 2 heteroatoms. The van der Waals surface area contributed by atoms with Crippen LogP contribution in [0.1, 0.15) is 60.2 Å². The molecule has 1 aliphatic carbocycles. The quantitative estimate of drug-likeness (QED) is 0.664. The molecule has 2 aromatic rings. The van der Waals surface area contributed by atoms with E-state index in [0.29, 0.717) is 0 Å². The van der Waals surface area contributed by atoms with Crippen molar-refractivity contribution in [1.82, 2.24) is 0 Å². The van der Waals surface area contributed by atoms with E-state index in [1.54, 1.807) is 18.3 Å². The molecule has 0 atom stereocenters. The van der Waals surface area contributed by atoms with Crippen molar-refractivity contribution in [1.29, 1.82) is 0 Å². The first kappa shape index (κ1) is 13.6. The molecule has 20 heavy (non-hydrogen) atoms. The smallest absolute Gasteiger partial charge is 0.169 e. The zero-order valence-electron chi connectivity index (χ0n) is 11.9. The van der Waals surface area contributed by atoms with E-state index < -0.39 is 0 Å². The summed E-state index contributed by atoms with van der Waals surface area (Å²) in [4.78, 5) is 13.5. The van der Waals surface area contributed by atoms with Crippen molar-refractivity contribution < 1.29 is 4.79 Å². The molecule has 0 radical (unpaired) electrons. The maximum absolute atomic E-state index is 11.4. The summed E-state index contributed by atoms with van der Waals surface area (Å²) in [6.45, 7) is 1.63. The molecule has 104 valence electrons. The Hall–Kier alpha value is -1.41. The Bertz CT molecular complexity index is 605. The van der Waals surface area contributed by atoms with Gasteiger partial charge in [0.15, 0.2) is 5.78 Å². The van der Waals surface area contributed by atoms with Crippen LogP contribution in [0.2, 0.25) is 0 Å². The topological polar surface area (TPSA) is 17.1 Å². The molecule has 1 aromatic heterocycles. The highest BCUT2D eigenvalue weighted by molar-refractivity contribution is 7.17. The number of carbonyl (C=O) groups excluding carboxylic acids is 1. The molecule has 1 aliphatic rings. The van der Waals surface area contributed by atoms with Gasteiger partial charge >= 0.3 is 0 Å². The van der Waals surface area contributed by atoms with Crippen molar-refractivity contribution in [3.05, 3.63) is 46.8 Å². The highest BCUT2D eigenvalue weighted by atomic mass is 32.1. The molecular weight excluding hydrogens is 264 g/mol. The van der Waals surface area contributed by atoms with Crippen molar-refractivity contribution in [2.45, 2.75) is 44.9 Å². The van der Waals surface area contributed by atoms with E-state index in [1.807, 2.05) is 6.07 Å². The Morgan fingerprint density at radius 3 is 2.60 bits per heavy atom. The van der Waals surface area contributed by atoms with Gasteiger partial charge < -0.3 is 0 Å². The molecular formula is C18H20OS. The zero-order chi connectivity index (χ0) is 13.9. The number of carbonyl (C=O) groups is 1. The van der Waals surface area contributed by atoms with Gasteiger partial charge in [-0.25, -0.2) is 0 Å². The summed E-state index contributed by atoms with van der Waals surface area (Å²) in [7, 11) is 0. The number of benzene rings is 1. The summed E-state index contributed by atoms with van der Waals surface area (Å²) < 4.78 is 0. The van der Waals surface area contributed by atoms with E-state index in [9.17, 15) is 4.79 Å². The van der Waals surface area contributed by atoms with Crippen LogP contribution in [0.15, 0.2) is 36.4 Å². The van der Waals surface area contributed by atoms with Crippen molar-refractivity contribution in [3.8, 4) is 10.4 Å². The maximum atomic E-state index is 11.4. The molecule has 0 saturated heterocycles. The largest absolute Gasteiger partial charge is 0.294 e. The summed E-state index contributed by atoms with van der Waals surface area (Å²) in [5.74, 6) is 0.889. The minimum Gasteiger partial charge on any atom is -0.294 e. The first-order valence-corrected chi connectivity index (χ1v) is 8.27. The number of Topliss-reactive ketones (excluding diaryl/α,β-unsaturated/α-hetero) is 1. The standard InChI is InChI=1S/C18H20OS/c1-13(19)17-10-11-18(20-17)16-9-5-8-15(12-16)14-6-3-2-4-7-14/h5,8-12,14H,2-4,6-7H2,1H3. The Labute approximate surface area is 124 Å². The number of thiophene rings is 1. The molecule has 0 aliphatic heterocycles. The van der Waals surface area contributed by atoms with E-state index in [4.69, 9.17) is 0 Å². The minimum absolute atomic E-state index is 0.157. The van der Waals surface area contributed by atoms with Gasteiger partial charge in [-0.1, -0.05) is 43.5 Å². The molecule has 0 unspecified atom stereocenters. The lowest BCUT2D eigenvalue weighted by atomic mass is 9.83. The minimum atomic E-state index is 0.157. The van der Waals surface area contributed by atoms with E-state index in [1.165, 1.54) is 48.1 Å². The Morgan fingerprint density at radius 2 is 1.90 bits per heavy atom. The number of hydrogen-bond acceptors (Lipinski definition) is 2. The fourth-order valence-electron chi connectivity index (χ4n) is 3.06. The summed E-state index contributed by atoms with van der Waals surface area (Å²) in [5, 5.41) is 0. The van der Waals surface area contributed by atoms with Gasteiger partial charge in [0.25, 0.3) is 0 Å². The van der Waals surface area contributed by atoms with Gasteiger partial charge in [0.1, 0.15) is 0 Å². The van der Waals surface area contributed by atoms with Gasteiger partial charge in [0.2, 0.25) is 0 Å². The molecule has 3 rings (SSSR count). The second kappa shape index (κ2) is 5.92. The lowest BCUT2D eigenvalue weighted by Crippen LogP contribution is -2.04. The van der Waals surface area contributed by atoms with E-state index in [2.05, 4.69) is 30.3 Å². The molecule has 1 nitrogen and oxygen atoms in total. The van der Waals surface area contributed by atoms with Gasteiger partial charge in [0.05, 0.1) is 4.88 Å². The van der Waals surface area contributed by atoms with Crippen LogP contribution in [0.3, 0.4) is 0 Å².